The first kappa shape index (κ1) is 21.0. The molecule has 7 nitrogen and oxygen atoms in total. The monoisotopic (exact) mass is 472 g/mol. The lowest BCUT2D eigenvalue weighted by Gasteiger charge is -2.33. The number of H-pyrrole nitrogens is 1. The van der Waals surface area contributed by atoms with E-state index in [4.69, 9.17) is 16.6 Å². The molecule has 6 rings (SSSR count). The quantitative estimate of drug-likeness (QED) is 0.392. The van der Waals surface area contributed by atoms with Crippen molar-refractivity contribution < 1.29 is 4.79 Å². The zero-order valence-electron chi connectivity index (χ0n) is 18.7. The smallest absolute Gasteiger partial charge is 0.224 e. The van der Waals surface area contributed by atoms with Gasteiger partial charge in [-0.2, -0.15) is 0 Å². The maximum Gasteiger partial charge on any atom is 0.224 e. The zero-order valence-corrected chi connectivity index (χ0v) is 19.4. The largest absolute Gasteiger partial charge is 0.361 e. The molecule has 1 aromatic carbocycles. The molecule has 0 aliphatic carbocycles. The normalized spacial score (nSPS) is 16.5. The van der Waals surface area contributed by atoms with Gasteiger partial charge in [0.2, 0.25) is 5.91 Å². The fourth-order valence-corrected chi connectivity index (χ4v) is 5.20. The van der Waals surface area contributed by atoms with E-state index >= 15 is 0 Å². The minimum absolute atomic E-state index is 0.0672. The maximum atomic E-state index is 13.0. The Kier molecular flexibility index (Phi) is 5.34. The molecular formula is C26H25ClN6O. The molecule has 1 aliphatic heterocycles. The summed E-state index contributed by atoms with van der Waals surface area (Å²) in [4.78, 5) is 27.9. The molecule has 4 aromatic heterocycles. The molecule has 0 unspecified atom stereocenters. The molecule has 1 amide bonds. The summed E-state index contributed by atoms with van der Waals surface area (Å²) in [5.41, 5.74) is 4.96. The molecule has 0 spiro atoms. The van der Waals surface area contributed by atoms with E-state index in [0.717, 1.165) is 59.1 Å². The van der Waals surface area contributed by atoms with Crippen molar-refractivity contribution in [3.8, 4) is 0 Å². The summed E-state index contributed by atoms with van der Waals surface area (Å²) in [5, 5.41) is 4.98. The van der Waals surface area contributed by atoms with Crippen molar-refractivity contribution in [3.05, 3.63) is 71.6 Å². The third-order valence-electron chi connectivity index (χ3n) is 6.73. The summed E-state index contributed by atoms with van der Waals surface area (Å²) in [6.45, 7) is 2.13. The highest BCUT2D eigenvalue weighted by molar-refractivity contribution is 6.31. The number of pyridine rings is 1. The van der Waals surface area contributed by atoms with Crippen LogP contribution in [0.5, 0.6) is 0 Å². The molecule has 172 valence electrons. The molecule has 2 N–H and O–H groups in total. The molecule has 0 bridgehead atoms. The van der Waals surface area contributed by atoms with Crippen LogP contribution in [-0.2, 0) is 11.2 Å². The molecule has 0 saturated carbocycles. The van der Waals surface area contributed by atoms with Crippen LogP contribution in [0.4, 0.5) is 5.82 Å². The molecule has 1 saturated heterocycles. The van der Waals surface area contributed by atoms with Crippen LogP contribution >= 0.6 is 11.6 Å². The number of hydrogen-bond donors (Lipinski definition) is 2. The summed E-state index contributed by atoms with van der Waals surface area (Å²) in [6, 6.07) is 13.9. The molecule has 1 fully saturated rings. The number of amides is 1. The Balaban J connectivity index is 1.16. The van der Waals surface area contributed by atoms with Crippen molar-refractivity contribution in [1.29, 1.82) is 0 Å². The minimum Gasteiger partial charge on any atom is -0.361 e. The number of aromatic amines is 1. The number of nitrogens with zero attached hydrogens (tertiary/aromatic N) is 4. The number of aromatic nitrogens is 4. The Morgan fingerprint density at radius 3 is 3.06 bits per heavy atom. The summed E-state index contributed by atoms with van der Waals surface area (Å²) in [6.07, 6.45) is 8.39. The number of fused-ring (bicyclic) bond motifs is 4. The lowest BCUT2D eigenvalue weighted by molar-refractivity contribution is -0.125. The van der Waals surface area contributed by atoms with Crippen molar-refractivity contribution in [2.24, 2.45) is 5.92 Å². The van der Waals surface area contributed by atoms with Crippen LogP contribution in [0, 0.1) is 5.92 Å². The van der Waals surface area contributed by atoms with Gasteiger partial charge in [-0.25, -0.2) is 9.97 Å². The second-order valence-corrected chi connectivity index (χ2v) is 9.31. The van der Waals surface area contributed by atoms with E-state index in [9.17, 15) is 4.79 Å². The molecule has 0 radical (unpaired) electrons. The molecule has 8 heteroatoms. The van der Waals surface area contributed by atoms with Crippen LogP contribution in [-0.4, -0.2) is 44.9 Å². The Labute approximate surface area is 201 Å². The van der Waals surface area contributed by atoms with Crippen LogP contribution in [0.25, 0.3) is 27.6 Å². The highest BCUT2D eigenvalue weighted by Crippen LogP contribution is 2.28. The topological polar surface area (TPSA) is 78.3 Å². The number of halogens is 1. The van der Waals surface area contributed by atoms with E-state index in [1.165, 1.54) is 0 Å². The highest BCUT2D eigenvalue weighted by Gasteiger charge is 2.28. The predicted octanol–water partition coefficient (Wildman–Crippen LogP) is 4.59. The van der Waals surface area contributed by atoms with Gasteiger partial charge < -0.3 is 19.6 Å². The first-order chi connectivity index (χ1) is 16.7. The second-order valence-electron chi connectivity index (χ2n) is 8.87. The SMILES string of the molecule is O=C(NCCc1c[nH]c2ccc(Cl)cc12)[C@@H]1CCCN(c2nc3ncccc3n3cccc23)C1. The number of rotatable bonds is 5. The van der Waals surface area contributed by atoms with Crippen LogP contribution in [0.2, 0.25) is 5.02 Å². The predicted molar refractivity (Wildman–Crippen MR) is 135 cm³/mol. The number of carbonyl (C=O) groups is 1. The Morgan fingerprint density at radius 2 is 2.12 bits per heavy atom. The first-order valence-electron chi connectivity index (χ1n) is 11.7. The zero-order chi connectivity index (χ0) is 23.1. The van der Waals surface area contributed by atoms with Crippen LogP contribution in [0.15, 0.2) is 61.1 Å². The Morgan fingerprint density at radius 1 is 1.21 bits per heavy atom. The molecule has 5 aromatic rings. The second kappa shape index (κ2) is 8.65. The van der Waals surface area contributed by atoms with Crippen LogP contribution in [0.3, 0.4) is 0 Å². The van der Waals surface area contributed by atoms with Gasteiger partial charge in [0, 0.05) is 54.2 Å². The summed E-state index contributed by atoms with van der Waals surface area (Å²) >= 11 is 6.16. The van der Waals surface area contributed by atoms with Crippen molar-refractivity contribution in [1.82, 2.24) is 24.7 Å². The third kappa shape index (κ3) is 3.76. The lowest BCUT2D eigenvalue weighted by Crippen LogP contribution is -2.44. The minimum atomic E-state index is -0.0672. The number of carbonyl (C=O) groups excluding carboxylic acids is 1. The fraction of sp³-hybridized carbons (Fsp3) is 0.269. The lowest BCUT2D eigenvalue weighted by atomic mass is 9.97. The standard InChI is InChI=1S/C26H25ClN6O/c27-19-7-8-21-20(14-19)17(15-30-21)9-11-29-26(34)18-4-2-12-32(16-18)25-23-6-3-13-33(23)22-5-1-10-28-24(22)31-25/h1,3,5-8,10,13-15,18,30H,2,4,9,11-12,16H2,(H,29,34)/t18-/m1/s1. The van der Waals surface area contributed by atoms with Gasteiger partial charge in [0.1, 0.15) is 0 Å². The van der Waals surface area contributed by atoms with Crippen molar-refractivity contribution in [3.63, 3.8) is 0 Å². The average molecular weight is 473 g/mol. The maximum absolute atomic E-state index is 13.0. The Hall–Kier alpha value is -3.58. The van der Waals surface area contributed by atoms with E-state index in [-0.39, 0.29) is 11.8 Å². The van der Waals surface area contributed by atoms with Crippen LogP contribution in [0.1, 0.15) is 18.4 Å². The fourth-order valence-electron chi connectivity index (χ4n) is 5.03. The number of piperidine rings is 1. The average Bonchev–Trinajstić information content (AvgIpc) is 3.51. The molecule has 5 heterocycles. The molecule has 34 heavy (non-hydrogen) atoms. The highest BCUT2D eigenvalue weighted by atomic mass is 35.5. The summed E-state index contributed by atoms with van der Waals surface area (Å²) in [7, 11) is 0. The third-order valence-corrected chi connectivity index (χ3v) is 6.97. The van der Waals surface area contributed by atoms with Gasteiger partial charge in [-0.05, 0) is 67.3 Å². The first-order valence-corrected chi connectivity index (χ1v) is 12.0. The van der Waals surface area contributed by atoms with Gasteiger partial charge >= 0.3 is 0 Å². The van der Waals surface area contributed by atoms with Crippen molar-refractivity contribution >= 4 is 50.9 Å². The number of anilines is 1. The van der Waals surface area contributed by atoms with E-state index < -0.39 is 0 Å². The van der Waals surface area contributed by atoms with Gasteiger partial charge in [0.15, 0.2) is 11.5 Å². The van der Waals surface area contributed by atoms with E-state index in [2.05, 4.69) is 30.7 Å². The van der Waals surface area contributed by atoms with Crippen LogP contribution < -0.4 is 10.2 Å². The number of nitrogens with one attached hydrogen (secondary N) is 2. The van der Waals surface area contributed by atoms with Gasteiger partial charge in [-0.1, -0.05) is 11.6 Å². The summed E-state index contributed by atoms with van der Waals surface area (Å²) in [5.74, 6) is 0.930. The summed E-state index contributed by atoms with van der Waals surface area (Å²) < 4.78 is 2.13. The van der Waals surface area contributed by atoms with Crippen molar-refractivity contribution in [2.45, 2.75) is 19.3 Å². The van der Waals surface area contributed by atoms with Crippen molar-refractivity contribution in [2.75, 3.05) is 24.5 Å². The van der Waals surface area contributed by atoms with E-state index in [1.54, 1.807) is 6.20 Å². The van der Waals surface area contributed by atoms with Gasteiger partial charge in [0.05, 0.1) is 17.0 Å². The van der Waals surface area contributed by atoms with Gasteiger partial charge in [-0.15, -0.1) is 0 Å². The van der Waals surface area contributed by atoms with E-state index in [0.29, 0.717) is 23.8 Å². The molecule has 1 aliphatic rings. The number of benzene rings is 1. The Bertz CT molecular complexity index is 1510. The molecule has 1 atom stereocenters. The van der Waals surface area contributed by atoms with Gasteiger partial charge in [-0.3, -0.25) is 4.79 Å². The number of hydrogen-bond acceptors (Lipinski definition) is 4. The van der Waals surface area contributed by atoms with Gasteiger partial charge in [0.25, 0.3) is 0 Å². The van der Waals surface area contributed by atoms with E-state index in [1.807, 2.05) is 48.8 Å². The molecular weight excluding hydrogens is 448 g/mol.